The summed E-state index contributed by atoms with van der Waals surface area (Å²) in [5.41, 5.74) is 0.903. The molecular formula is C12H10N2O5S. The van der Waals surface area contributed by atoms with Gasteiger partial charge in [-0.3, -0.25) is 14.9 Å². The lowest BCUT2D eigenvalue weighted by molar-refractivity contribution is -0.385. The standard InChI is InChI=1S/C12H10N2O5S/c1-19-10-3-2-7(4-9(10)14(17)18)8-6-20-11(13-8)5-12(15)16/h2-4,6H,5H2,1H3,(H,15,16). The summed E-state index contributed by atoms with van der Waals surface area (Å²) >= 11 is 1.20. The van der Waals surface area contributed by atoms with E-state index in [1.165, 1.54) is 30.6 Å². The SMILES string of the molecule is COc1ccc(-c2csc(CC(=O)O)n2)cc1[N+](=O)[O-]. The van der Waals surface area contributed by atoms with E-state index in [9.17, 15) is 14.9 Å². The van der Waals surface area contributed by atoms with Crippen LogP contribution < -0.4 is 4.74 Å². The molecule has 1 heterocycles. The number of ether oxygens (including phenoxy) is 1. The molecule has 0 saturated carbocycles. The van der Waals surface area contributed by atoms with Crippen molar-refractivity contribution in [2.24, 2.45) is 0 Å². The van der Waals surface area contributed by atoms with Gasteiger partial charge in [-0.15, -0.1) is 11.3 Å². The van der Waals surface area contributed by atoms with Gasteiger partial charge in [0.1, 0.15) is 5.01 Å². The fraction of sp³-hybridized carbons (Fsp3) is 0.167. The van der Waals surface area contributed by atoms with E-state index in [4.69, 9.17) is 9.84 Å². The number of nitro benzene ring substituents is 1. The van der Waals surface area contributed by atoms with E-state index >= 15 is 0 Å². The zero-order valence-electron chi connectivity index (χ0n) is 10.4. The number of benzene rings is 1. The Balaban J connectivity index is 2.37. The largest absolute Gasteiger partial charge is 0.490 e. The van der Waals surface area contributed by atoms with Gasteiger partial charge in [-0.2, -0.15) is 0 Å². The van der Waals surface area contributed by atoms with E-state index in [1.807, 2.05) is 0 Å². The third-order valence-corrected chi connectivity index (χ3v) is 3.37. The first-order chi connectivity index (χ1) is 9.51. The van der Waals surface area contributed by atoms with Gasteiger partial charge in [-0.1, -0.05) is 0 Å². The fourth-order valence-corrected chi connectivity index (χ4v) is 2.44. The van der Waals surface area contributed by atoms with E-state index in [0.29, 0.717) is 16.3 Å². The van der Waals surface area contributed by atoms with Crippen LogP contribution in [0.3, 0.4) is 0 Å². The van der Waals surface area contributed by atoms with Crippen molar-refractivity contribution in [1.29, 1.82) is 0 Å². The minimum Gasteiger partial charge on any atom is -0.490 e. The highest BCUT2D eigenvalue weighted by atomic mass is 32.1. The molecule has 0 bridgehead atoms. The highest BCUT2D eigenvalue weighted by Crippen LogP contribution is 2.32. The van der Waals surface area contributed by atoms with Crippen LogP contribution in [0.1, 0.15) is 5.01 Å². The van der Waals surface area contributed by atoms with Crippen LogP contribution in [-0.4, -0.2) is 28.1 Å². The molecule has 1 aromatic carbocycles. The van der Waals surface area contributed by atoms with Gasteiger partial charge in [-0.05, 0) is 12.1 Å². The lowest BCUT2D eigenvalue weighted by Crippen LogP contribution is -1.99. The van der Waals surface area contributed by atoms with Crippen molar-refractivity contribution in [3.8, 4) is 17.0 Å². The number of carboxylic acid groups (broad SMARTS) is 1. The monoisotopic (exact) mass is 294 g/mol. The molecule has 0 spiro atoms. The van der Waals surface area contributed by atoms with Gasteiger partial charge < -0.3 is 9.84 Å². The maximum atomic E-state index is 10.9. The molecule has 0 aliphatic carbocycles. The molecule has 0 saturated heterocycles. The van der Waals surface area contributed by atoms with E-state index in [2.05, 4.69) is 4.98 Å². The van der Waals surface area contributed by atoms with E-state index < -0.39 is 10.9 Å². The normalized spacial score (nSPS) is 10.2. The van der Waals surface area contributed by atoms with Gasteiger partial charge in [0.25, 0.3) is 0 Å². The average Bonchev–Trinajstić information content (AvgIpc) is 2.85. The van der Waals surface area contributed by atoms with Gasteiger partial charge in [0, 0.05) is 17.0 Å². The Kier molecular flexibility index (Phi) is 3.94. The van der Waals surface area contributed by atoms with Gasteiger partial charge >= 0.3 is 11.7 Å². The zero-order valence-corrected chi connectivity index (χ0v) is 11.2. The van der Waals surface area contributed by atoms with Crippen LogP contribution in [0.2, 0.25) is 0 Å². The van der Waals surface area contributed by atoms with Crippen molar-refractivity contribution in [2.45, 2.75) is 6.42 Å². The highest BCUT2D eigenvalue weighted by Gasteiger charge is 2.17. The van der Waals surface area contributed by atoms with Crippen molar-refractivity contribution >= 4 is 23.0 Å². The fourth-order valence-electron chi connectivity index (χ4n) is 1.65. The highest BCUT2D eigenvalue weighted by molar-refractivity contribution is 7.10. The van der Waals surface area contributed by atoms with Gasteiger partial charge in [0.15, 0.2) is 5.75 Å². The molecule has 0 aliphatic rings. The lowest BCUT2D eigenvalue weighted by atomic mass is 10.1. The molecule has 20 heavy (non-hydrogen) atoms. The Bertz CT molecular complexity index is 668. The molecule has 0 atom stereocenters. The summed E-state index contributed by atoms with van der Waals surface area (Å²) in [4.78, 5) is 25.2. The molecule has 7 nitrogen and oxygen atoms in total. The summed E-state index contributed by atoms with van der Waals surface area (Å²) in [7, 11) is 1.36. The average molecular weight is 294 g/mol. The molecule has 0 unspecified atom stereocenters. The molecule has 0 radical (unpaired) electrons. The van der Waals surface area contributed by atoms with Crippen LogP contribution in [0.5, 0.6) is 5.75 Å². The van der Waals surface area contributed by atoms with Gasteiger partial charge in [-0.25, -0.2) is 4.98 Å². The third-order valence-electron chi connectivity index (χ3n) is 2.53. The Hall–Kier alpha value is -2.48. The molecule has 1 aromatic heterocycles. The molecule has 0 fully saturated rings. The molecule has 0 amide bonds. The first-order valence-corrected chi connectivity index (χ1v) is 6.38. The smallest absolute Gasteiger partial charge is 0.311 e. The zero-order chi connectivity index (χ0) is 14.7. The quantitative estimate of drug-likeness (QED) is 0.670. The number of hydrogen-bond acceptors (Lipinski definition) is 6. The summed E-state index contributed by atoms with van der Waals surface area (Å²) in [6.07, 6.45) is -0.164. The number of aromatic nitrogens is 1. The van der Waals surface area contributed by atoms with Crippen LogP contribution >= 0.6 is 11.3 Å². The predicted molar refractivity (Wildman–Crippen MR) is 72.1 cm³/mol. The molecule has 2 aromatic rings. The second-order valence-corrected chi connectivity index (χ2v) is 4.78. The van der Waals surface area contributed by atoms with Crippen LogP contribution in [0, 0.1) is 10.1 Å². The number of methoxy groups -OCH3 is 1. The second kappa shape index (κ2) is 5.66. The Labute approximate surface area is 117 Å². The molecule has 0 aliphatic heterocycles. The Morgan fingerprint density at radius 1 is 1.55 bits per heavy atom. The number of carbonyl (C=O) groups is 1. The second-order valence-electron chi connectivity index (χ2n) is 3.84. The van der Waals surface area contributed by atoms with Crippen LogP contribution in [0.4, 0.5) is 5.69 Å². The molecule has 2 rings (SSSR count). The number of carboxylic acids is 1. The van der Waals surface area contributed by atoms with Crippen molar-refractivity contribution < 1.29 is 19.6 Å². The van der Waals surface area contributed by atoms with Crippen molar-refractivity contribution in [3.63, 3.8) is 0 Å². The molecular weight excluding hydrogens is 284 g/mol. The summed E-state index contributed by atoms with van der Waals surface area (Å²) in [5, 5.41) is 21.8. The summed E-state index contributed by atoms with van der Waals surface area (Å²) < 4.78 is 4.92. The maximum Gasteiger partial charge on any atom is 0.311 e. The van der Waals surface area contributed by atoms with E-state index in [1.54, 1.807) is 11.4 Å². The number of nitro groups is 1. The molecule has 8 heteroatoms. The van der Waals surface area contributed by atoms with Gasteiger partial charge in [0.2, 0.25) is 0 Å². The van der Waals surface area contributed by atoms with E-state index in [-0.39, 0.29) is 17.9 Å². The summed E-state index contributed by atoms with van der Waals surface area (Å²) in [6.45, 7) is 0. The van der Waals surface area contributed by atoms with Crippen LogP contribution in [0.15, 0.2) is 23.6 Å². The number of nitrogens with zero attached hydrogens (tertiary/aromatic N) is 2. The molecule has 1 N–H and O–H groups in total. The van der Waals surface area contributed by atoms with Crippen molar-refractivity contribution in [1.82, 2.24) is 4.98 Å². The van der Waals surface area contributed by atoms with Crippen LogP contribution in [-0.2, 0) is 11.2 Å². The number of hydrogen-bond donors (Lipinski definition) is 1. The minimum atomic E-state index is -0.966. The lowest BCUT2D eigenvalue weighted by Gasteiger charge is -2.03. The third kappa shape index (κ3) is 2.91. The number of aliphatic carboxylic acids is 1. The Morgan fingerprint density at radius 3 is 2.90 bits per heavy atom. The minimum absolute atomic E-state index is 0.155. The number of thiazole rings is 1. The summed E-state index contributed by atoms with van der Waals surface area (Å²) in [5.74, 6) is -0.800. The number of rotatable bonds is 5. The van der Waals surface area contributed by atoms with Crippen LogP contribution in [0.25, 0.3) is 11.3 Å². The molecule has 104 valence electrons. The van der Waals surface area contributed by atoms with Gasteiger partial charge in [0.05, 0.1) is 24.1 Å². The first kappa shape index (κ1) is 13.9. The van der Waals surface area contributed by atoms with E-state index in [0.717, 1.165) is 0 Å². The Morgan fingerprint density at radius 2 is 2.30 bits per heavy atom. The topological polar surface area (TPSA) is 103 Å². The summed E-state index contributed by atoms with van der Waals surface area (Å²) in [6, 6.07) is 4.49. The van der Waals surface area contributed by atoms with Crippen molar-refractivity contribution in [2.75, 3.05) is 7.11 Å². The maximum absolute atomic E-state index is 10.9. The first-order valence-electron chi connectivity index (χ1n) is 5.50. The predicted octanol–water partition coefficient (Wildman–Crippen LogP) is 2.35. The van der Waals surface area contributed by atoms with Crippen molar-refractivity contribution in [3.05, 3.63) is 38.7 Å².